The van der Waals surface area contributed by atoms with Crippen molar-refractivity contribution in [3.63, 3.8) is 0 Å². The Morgan fingerprint density at radius 1 is 1.22 bits per heavy atom. The largest absolute Gasteiger partial charge is 0.478 e. The highest BCUT2D eigenvalue weighted by atomic mass is 32.2. The molecule has 172 valence electrons. The highest BCUT2D eigenvalue weighted by molar-refractivity contribution is 7.89. The Bertz CT molecular complexity index is 1130. The lowest BCUT2D eigenvalue weighted by Gasteiger charge is -2.27. The number of carbonyl (C=O) groups is 2. The molecule has 0 saturated carbocycles. The van der Waals surface area contributed by atoms with Gasteiger partial charge in [0.15, 0.2) is 6.10 Å². The third-order valence-corrected chi connectivity index (χ3v) is 7.33. The molecule has 2 amide bonds. The van der Waals surface area contributed by atoms with Crippen molar-refractivity contribution in [1.82, 2.24) is 4.31 Å². The third-order valence-electron chi connectivity index (χ3n) is 5.38. The van der Waals surface area contributed by atoms with Gasteiger partial charge >= 0.3 is 0 Å². The van der Waals surface area contributed by atoms with Crippen LogP contribution in [0.15, 0.2) is 41.3 Å². The summed E-state index contributed by atoms with van der Waals surface area (Å²) in [5, 5.41) is 5.47. The van der Waals surface area contributed by atoms with Crippen LogP contribution in [0.5, 0.6) is 5.75 Å². The number of carbonyl (C=O) groups excluding carboxylic acids is 2. The molecule has 1 heterocycles. The zero-order valence-electron chi connectivity index (χ0n) is 18.9. The van der Waals surface area contributed by atoms with Crippen LogP contribution in [0.4, 0.5) is 11.4 Å². The number of anilines is 2. The van der Waals surface area contributed by atoms with Crippen molar-refractivity contribution in [2.24, 2.45) is 0 Å². The van der Waals surface area contributed by atoms with Gasteiger partial charge in [-0.05, 0) is 48.6 Å². The normalized spacial score (nSPS) is 15.8. The minimum absolute atomic E-state index is 0.0267. The highest BCUT2D eigenvalue weighted by Gasteiger charge is 2.31. The molecule has 0 saturated heterocycles. The van der Waals surface area contributed by atoms with Gasteiger partial charge in [0.2, 0.25) is 15.9 Å². The Balaban J connectivity index is 1.76. The second-order valence-electron chi connectivity index (χ2n) is 8.20. The number of hydrogen-bond acceptors (Lipinski definition) is 5. The lowest BCUT2D eigenvalue weighted by Crippen LogP contribution is -2.37. The second-order valence-corrected chi connectivity index (χ2v) is 10.2. The van der Waals surface area contributed by atoms with Gasteiger partial charge < -0.3 is 15.4 Å². The summed E-state index contributed by atoms with van der Waals surface area (Å²) in [7, 11) is -2.61. The molecular formula is C23H29N3O5S. The Kier molecular flexibility index (Phi) is 6.90. The summed E-state index contributed by atoms with van der Waals surface area (Å²) in [6.45, 7) is 7.26. The van der Waals surface area contributed by atoms with Gasteiger partial charge in [0.05, 0.1) is 17.1 Å². The van der Waals surface area contributed by atoms with E-state index in [2.05, 4.69) is 24.5 Å². The van der Waals surface area contributed by atoms with Gasteiger partial charge in [0.1, 0.15) is 5.75 Å². The number of benzene rings is 2. The van der Waals surface area contributed by atoms with Gasteiger partial charge in [-0.2, -0.15) is 4.31 Å². The molecule has 0 bridgehead atoms. The van der Waals surface area contributed by atoms with Crippen LogP contribution in [-0.2, 0) is 19.6 Å². The summed E-state index contributed by atoms with van der Waals surface area (Å²) in [5.41, 5.74) is 2.62. The van der Waals surface area contributed by atoms with E-state index in [1.165, 1.54) is 13.1 Å². The molecule has 1 unspecified atom stereocenters. The smallest absolute Gasteiger partial charge is 0.265 e. The highest BCUT2D eigenvalue weighted by Crippen LogP contribution is 2.35. The molecule has 0 radical (unpaired) electrons. The van der Waals surface area contributed by atoms with Crippen LogP contribution in [0.3, 0.4) is 0 Å². The number of sulfonamides is 1. The maximum absolute atomic E-state index is 13.2. The lowest BCUT2D eigenvalue weighted by atomic mass is 10.0. The van der Waals surface area contributed by atoms with Crippen molar-refractivity contribution >= 4 is 33.2 Å². The first-order chi connectivity index (χ1) is 15.0. The predicted molar refractivity (Wildman–Crippen MR) is 123 cm³/mol. The number of rotatable bonds is 7. The average molecular weight is 460 g/mol. The van der Waals surface area contributed by atoms with E-state index in [9.17, 15) is 18.0 Å². The molecule has 0 aliphatic carbocycles. The molecule has 0 fully saturated rings. The van der Waals surface area contributed by atoms with Crippen LogP contribution in [0.2, 0.25) is 0 Å². The predicted octanol–water partition coefficient (Wildman–Crippen LogP) is 3.49. The number of hydrogen-bond donors (Lipinski definition) is 2. The summed E-state index contributed by atoms with van der Waals surface area (Å²) < 4.78 is 33.0. The van der Waals surface area contributed by atoms with E-state index < -0.39 is 22.0 Å². The molecule has 2 N–H and O–H groups in total. The van der Waals surface area contributed by atoms with E-state index in [-0.39, 0.29) is 17.3 Å². The van der Waals surface area contributed by atoms with E-state index in [0.717, 1.165) is 9.87 Å². The molecule has 1 aliphatic heterocycles. The standard InChI is InChI=1S/C23H29N3O5S/c1-6-19-23(28)25-18-11-15(4)21(12-20(18)31-19)32(29,30)26(5)13-22(27)24-17-9-7-16(8-10-17)14(2)3/h7-12,14,19H,6,13H2,1-5H3,(H,24,27)(H,25,28). The van der Waals surface area contributed by atoms with Crippen LogP contribution in [0, 0.1) is 6.92 Å². The zero-order valence-corrected chi connectivity index (χ0v) is 19.7. The van der Waals surface area contributed by atoms with Crippen molar-refractivity contribution in [3.05, 3.63) is 47.5 Å². The fourth-order valence-corrected chi connectivity index (χ4v) is 4.78. The summed E-state index contributed by atoms with van der Waals surface area (Å²) in [4.78, 5) is 24.5. The van der Waals surface area contributed by atoms with Crippen LogP contribution in [-0.4, -0.2) is 44.2 Å². The zero-order chi connectivity index (χ0) is 23.6. The summed E-state index contributed by atoms with van der Waals surface area (Å²) in [6.07, 6.45) is -0.217. The van der Waals surface area contributed by atoms with Crippen LogP contribution in [0.1, 0.15) is 44.2 Å². The number of nitrogens with zero attached hydrogens (tertiary/aromatic N) is 1. The maximum Gasteiger partial charge on any atom is 0.265 e. The van der Waals surface area contributed by atoms with Gasteiger partial charge in [-0.1, -0.05) is 32.9 Å². The fraction of sp³-hybridized carbons (Fsp3) is 0.391. The molecule has 1 atom stereocenters. The second kappa shape index (κ2) is 9.30. The number of amides is 2. The maximum atomic E-state index is 13.2. The summed E-state index contributed by atoms with van der Waals surface area (Å²) >= 11 is 0. The van der Waals surface area contributed by atoms with Crippen molar-refractivity contribution < 1.29 is 22.7 Å². The topological polar surface area (TPSA) is 105 Å². The molecule has 0 spiro atoms. The van der Waals surface area contributed by atoms with Crippen molar-refractivity contribution in [2.75, 3.05) is 24.2 Å². The molecule has 2 aromatic carbocycles. The number of ether oxygens (including phenoxy) is 1. The number of aryl methyl sites for hydroxylation is 1. The molecule has 3 rings (SSSR count). The van der Waals surface area contributed by atoms with Gasteiger partial charge in [0.25, 0.3) is 5.91 Å². The number of nitrogens with one attached hydrogen (secondary N) is 2. The van der Waals surface area contributed by atoms with Gasteiger partial charge in [-0.25, -0.2) is 8.42 Å². The Morgan fingerprint density at radius 3 is 2.47 bits per heavy atom. The van der Waals surface area contributed by atoms with E-state index in [1.54, 1.807) is 25.1 Å². The molecule has 9 heteroatoms. The first-order valence-electron chi connectivity index (χ1n) is 10.5. The SMILES string of the molecule is CCC1Oc2cc(S(=O)(=O)N(C)CC(=O)Nc3ccc(C(C)C)cc3)c(C)cc2NC1=O. The molecule has 2 aromatic rings. The van der Waals surface area contributed by atoms with Crippen LogP contribution in [0.25, 0.3) is 0 Å². The van der Waals surface area contributed by atoms with E-state index in [1.807, 2.05) is 19.1 Å². The van der Waals surface area contributed by atoms with Gasteiger partial charge in [-0.15, -0.1) is 0 Å². The monoisotopic (exact) mass is 459 g/mol. The molecule has 1 aliphatic rings. The Morgan fingerprint density at radius 2 is 1.88 bits per heavy atom. The lowest BCUT2D eigenvalue weighted by molar-refractivity contribution is -0.123. The first-order valence-corrected chi connectivity index (χ1v) is 11.9. The quantitative estimate of drug-likeness (QED) is 0.660. The fourth-order valence-electron chi connectivity index (χ4n) is 3.44. The minimum atomic E-state index is -3.97. The molecule has 8 nitrogen and oxygen atoms in total. The molecule has 0 aromatic heterocycles. The first kappa shape index (κ1) is 23.7. The summed E-state index contributed by atoms with van der Waals surface area (Å²) in [6, 6.07) is 10.4. The number of fused-ring (bicyclic) bond motifs is 1. The molecular weight excluding hydrogens is 430 g/mol. The Hall–Kier alpha value is -2.91. The van der Waals surface area contributed by atoms with Crippen molar-refractivity contribution in [1.29, 1.82) is 0 Å². The van der Waals surface area contributed by atoms with Crippen molar-refractivity contribution in [3.8, 4) is 5.75 Å². The average Bonchev–Trinajstić information content (AvgIpc) is 2.73. The van der Waals surface area contributed by atoms with E-state index in [0.29, 0.717) is 35.0 Å². The van der Waals surface area contributed by atoms with E-state index >= 15 is 0 Å². The van der Waals surface area contributed by atoms with Gasteiger partial charge in [-0.3, -0.25) is 9.59 Å². The van der Waals surface area contributed by atoms with Crippen molar-refractivity contribution in [2.45, 2.75) is 51.0 Å². The third kappa shape index (κ3) is 4.94. The summed E-state index contributed by atoms with van der Waals surface area (Å²) in [5.74, 6) is -0.0340. The van der Waals surface area contributed by atoms with Crippen LogP contribution >= 0.6 is 0 Å². The van der Waals surface area contributed by atoms with Gasteiger partial charge in [0, 0.05) is 18.8 Å². The minimum Gasteiger partial charge on any atom is -0.478 e. The van der Waals surface area contributed by atoms with Crippen LogP contribution < -0.4 is 15.4 Å². The number of likely N-dealkylation sites (N-methyl/N-ethyl adjacent to an activating group) is 1. The van der Waals surface area contributed by atoms with E-state index in [4.69, 9.17) is 4.74 Å². The molecule has 32 heavy (non-hydrogen) atoms. The Labute approximate surface area is 189 Å².